The maximum atomic E-state index is 12.8. The molecular formula is C32H35NO5. The number of aryl methyl sites for hydroxylation is 1. The highest BCUT2D eigenvalue weighted by Gasteiger charge is 2.27. The van der Waals surface area contributed by atoms with Gasteiger partial charge in [-0.2, -0.15) is 0 Å². The number of rotatable bonds is 7. The van der Waals surface area contributed by atoms with Crippen molar-refractivity contribution in [2.24, 2.45) is 0 Å². The van der Waals surface area contributed by atoms with Crippen LogP contribution in [0.25, 0.3) is 0 Å². The molecule has 198 valence electrons. The fraction of sp³-hybridized carbons (Fsp3) is 0.375. The van der Waals surface area contributed by atoms with E-state index in [1.54, 1.807) is 19.1 Å². The number of amides is 1. The minimum atomic E-state index is -0.169. The average molecular weight is 514 g/mol. The molecule has 6 nitrogen and oxygen atoms in total. The summed E-state index contributed by atoms with van der Waals surface area (Å²) in [6, 6.07) is 19.0. The highest BCUT2D eigenvalue weighted by molar-refractivity contribution is 5.94. The lowest BCUT2D eigenvalue weighted by Gasteiger charge is -2.32. The zero-order valence-electron chi connectivity index (χ0n) is 22.1. The molecule has 0 saturated carbocycles. The number of hydrogen-bond donors (Lipinski definition) is 1. The number of phenols is 1. The van der Waals surface area contributed by atoms with Gasteiger partial charge < -0.3 is 19.5 Å². The van der Waals surface area contributed by atoms with Gasteiger partial charge in [-0.05, 0) is 80.1 Å². The van der Waals surface area contributed by atoms with Crippen molar-refractivity contribution in [3.63, 3.8) is 0 Å². The van der Waals surface area contributed by atoms with Crippen LogP contribution >= 0.6 is 0 Å². The minimum Gasteiger partial charge on any atom is -0.508 e. The van der Waals surface area contributed by atoms with Crippen LogP contribution in [0.15, 0.2) is 60.7 Å². The maximum absolute atomic E-state index is 12.8. The van der Waals surface area contributed by atoms with Crippen LogP contribution in [0.3, 0.4) is 0 Å². The predicted molar refractivity (Wildman–Crippen MR) is 146 cm³/mol. The number of likely N-dealkylation sites (tertiary alicyclic amines) is 1. The number of ether oxygens (including phenoxy) is 2. The van der Waals surface area contributed by atoms with Crippen LogP contribution in [0, 0.1) is 6.92 Å². The van der Waals surface area contributed by atoms with E-state index in [1.165, 1.54) is 0 Å². The predicted octanol–water partition coefficient (Wildman–Crippen LogP) is 5.97. The second-order valence-electron chi connectivity index (χ2n) is 10.5. The van der Waals surface area contributed by atoms with Crippen LogP contribution in [-0.2, 0) is 17.8 Å². The Balaban J connectivity index is 1.14. The highest BCUT2D eigenvalue weighted by atomic mass is 16.5. The van der Waals surface area contributed by atoms with Crippen LogP contribution in [0.2, 0.25) is 0 Å². The van der Waals surface area contributed by atoms with E-state index in [4.69, 9.17) is 9.47 Å². The quantitative estimate of drug-likeness (QED) is 0.421. The Kier molecular flexibility index (Phi) is 7.68. The summed E-state index contributed by atoms with van der Waals surface area (Å²) < 4.78 is 12.3. The summed E-state index contributed by atoms with van der Waals surface area (Å²) in [6.07, 6.45) is 4.26. The first-order valence-electron chi connectivity index (χ1n) is 13.5. The van der Waals surface area contributed by atoms with Crippen LogP contribution in [0.1, 0.15) is 71.1 Å². The number of Topliss-reactive ketones (excluding diaryl/α,β-unsaturated/α-hetero) is 1. The monoisotopic (exact) mass is 513 g/mol. The molecule has 1 atom stereocenters. The second-order valence-corrected chi connectivity index (χ2v) is 10.5. The molecule has 3 aromatic rings. The first-order chi connectivity index (χ1) is 18.4. The fourth-order valence-electron chi connectivity index (χ4n) is 5.49. The zero-order chi connectivity index (χ0) is 26.6. The number of nitrogens with zero attached hydrogens (tertiary/aromatic N) is 1. The van der Waals surface area contributed by atoms with Crippen molar-refractivity contribution in [1.82, 2.24) is 4.90 Å². The molecule has 2 aliphatic rings. The number of carbonyl (C=O) groups is 2. The van der Waals surface area contributed by atoms with E-state index in [9.17, 15) is 14.7 Å². The highest BCUT2D eigenvalue weighted by Crippen LogP contribution is 2.40. The zero-order valence-corrected chi connectivity index (χ0v) is 22.1. The van der Waals surface area contributed by atoms with Crippen LogP contribution in [-0.4, -0.2) is 40.9 Å². The molecule has 6 heteroatoms. The van der Waals surface area contributed by atoms with Gasteiger partial charge in [0.15, 0.2) is 0 Å². The van der Waals surface area contributed by atoms with Gasteiger partial charge in [0, 0.05) is 43.5 Å². The fourth-order valence-corrected chi connectivity index (χ4v) is 5.49. The molecule has 0 radical (unpaired) electrons. The van der Waals surface area contributed by atoms with E-state index in [-0.39, 0.29) is 29.5 Å². The number of ketones is 1. The van der Waals surface area contributed by atoms with Crippen molar-refractivity contribution in [3.8, 4) is 17.2 Å². The van der Waals surface area contributed by atoms with Crippen molar-refractivity contribution in [1.29, 1.82) is 0 Å². The first-order valence-corrected chi connectivity index (χ1v) is 13.5. The van der Waals surface area contributed by atoms with E-state index in [1.807, 2.05) is 60.4 Å². The van der Waals surface area contributed by atoms with E-state index in [0.717, 1.165) is 65.7 Å². The molecule has 1 aliphatic heterocycles. The Labute approximate surface area is 224 Å². The Morgan fingerprint density at radius 1 is 0.974 bits per heavy atom. The molecule has 3 aromatic carbocycles. The summed E-state index contributed by atoms with van der Waals surface area (Å²) in [5.41, 5.74) is 4.80. The van der Waals surface area contributed by atoms with Crippen molar-refractivity contribution in [2.45, 2.75) is 64.6 Å². The normalized spacial score (nSPS) is 17.5. The molecule has 0 aromatic heterocycles. The van der Waals surface area contributed by atoms with Crippen molar-refractivity contribution < 1.29 is 24.2 Å². The lowest BCUT2D eigenvalue weighted by molar-refractivity contribution is -0.118. The number of carbonyl (C=O) groups excluding carboxylic acids is 2. The molecule has 1 aliphatic carbocycles. The van der Waals surface area contributed by atoms with E-state index < -0.39 is 0 Å². The number of phenolic OH excluding ortho intramolecular Hbond substituents is 1. The van der Waals surface area contributed by atoms with Gasteiger partial charge >= 0.3 is 0 Å². The molecule has 38 heavy (non-hydrogen) atoms. The van der Waals surface area contributed by atoms with Gasteiger partial charge in [-0.3, -0.25) is 9.59 Å². The Bertz CT molecular complexity index is 1290. The van der Waals surface area contributed by atoms with E-state index in [2.05, 4.69) is 0 Å². The number of fused-ring (bicyclic) bond motifs is 1. The molecule has 5 rings (SSSR count). The lowest BCUT2D eigenvalue weighted by Crippen LogP contribution is -2.41. The molecular weight excluding hydrogens is 478 g/mol. The van der Waals surface area contributed by atoms with Crippen molar-refractivity contribution >= 4 is 11.7 Å². The Hall–Kier alpha value is -3.80. The summed E-state index contributed by atoms with van der Waals surface area (Å²) in [7, 11) is 0. The molecule has 1 fully saturated rings. The lowest BCUT2D eigenvalue weighted by atomic mass is 9.80. The number of hydrogen-bond acceptors (Lipinski definition) is 5. The second kappa shape index (κ2) is 11.3. The smallest absolute Gasteiger partial charge is 0.253 e. The van der Waals surface area contributed by atoms with Crippen LogP contribution < -0.4 is 9.47 Å². The Morgan fingerprint density at radius 3 is 2.37 bits per heavy atom. The van der Waals surface area contributed by atoms with Gasteiger partial charge in [0.1, 0.15) is 35.7 Å². The standard InChI is InChI=1S/C32H35NO5/c1-21-6-10-24(11-7-21)32(36)33-16-14-27(15-17-33)38-26-12-8-23(9-13-26)20-37-31-19-25(35)18-30-28(22(2)34)4-3-5-29(30)31/h6-13,18-19,27-28,35H,3-5,14-17,20H2,1-2H3. The van der Waals surface area contributed by atoms with Crippen molar-refractivity contribution in [3.05, 3.63) is 88.5 Å². The first kappa shape index (κ1) is 25.8. The van der Waals surface area contributed by atoms with Gasteiger partial charge in [0.2, 0.25) is 0 Å². The number of piperidine rings is 1. The third-order valence-corrected chi connectivity index (χ3v) is 7.66. The molecule has 1 heterocycles. The molecule has 1 unspecified atom stereocenters. The molecule has 1 N–H and O–H groups in total. The van der Waals surface area contributed by atoms with Gasteiger partial charge in [-0.1, -0.05) is 29.8 Å². The third kappa shape index (κ3) is 5.85. The van der Waals surface area contributed by atoms with Gasteiger partial charge in [0.25, 0.3) is 5.91 Å². The van der Waals surface area contributed by atoms with Gasteiger partial charge in [-0.25, -0.2) is 0 Å². The van der Waals surface area contributed by atoms with Crippen LogP contribution in [0.5, 0.6) is 17.2 Å². The molecule has 1 saturated heterocycles. The average Bonchev–Trinajstić information content (AvgIpc) is 2.92. The van der Waals surface area contributed by atoms with E-state index in [0.29, 0.717) is 25.4 Å². The van der Waals surface area contributed by atoms with Gasteiger partial charge in [-0.15, -0.1) is 0 Å². The summed E-state index contributed by atoms with van der Waals surface area (Å²) in [5.74, 6) is 1.62. The van der Waals surface area contributed by atoms with E-state index >= 15 is 0 Å². The maximum Gasteiger partial charge on any atom is 0.253 e. The minimum absolute atomic E-state index is 0.0761. The summed E-state index contributed by atoms with van der Waals surface area (Å²) in [6.45, 7) is 5.36. The summed E-state index contributed by atoms with van der Waals surface area (Å²) in [5, 5.41) is 10.2. The summed E-state index contributed by atoms with van der Waals surface area (Å²) >= 11 is 0. The van der Waals surface area contributed by atoms with Gasteiger partial charge in [0.05, 0.1) is 0 Å². The van der Waals surface area contributed by atoms with Crippen LogP contribution in [0.4, 0.5) is 0 Å². The Morgan fingerprint density at radius 2 is 1.68 bits per heavy atom. The number of benzene rings is 3. The van der Waals surface area contributed by atoms with Crippen molar-refractivity contribution in [2.75, 3.05) is 13.1 Å². The topological polar surface area (TPSA) is 76.1 Å². The SMILES string of the molecule is CC(=O)C1CCCc2c(OCc3ccc(OC4CCN(C(=O)c5ccc(C)cc5)CC4)cc3)cc(O)cc21. The third-order valence-electron chi connectivity index (χ3n) is 7.66. The largest absolute Gasteiger partial charge is 0.508 e. The summed E-state index contributed by atoms with van der Waals surface area (Å²) in [4.78, 5) is 26.8. The molecule has 0 bridgehead atoms. The molecule has 1 amide bonds. The molecule has 0 spiro atoms. The number of aromatic hydroxyl groups is 1.